The number of nitrogens with one attached hydrogen (secondary N) is 1. The van der Waals surface area contributed by atoms with Crippen molar-refractivity contribution in [1.82, 2.24) is 9.88 Å². The van der Waals surface area contributed by atoms with Crippen molar-refractivity contribution in [3.8, 4) is 0 Å². The third-order valence-corrected chi connectivity index (χ3v) is 8.31. The fraction of sp³-hybridized carbons (Fsp3) is 0.167. The molecule has 5 aromatic rings. The van der Waals surface area contributed by atoms with Crippen molar-refractivity contribution in [2.24, 2.45) is 4.99 Å². The Bertz CT molecular complexity index is 1860. The lowest BCUT2D eigenvalue weighted by Gasteiger charge is -2.25. The van der Waals surface area contributed by atoms with Crippen LogP contribution < -0.4 is 4.90 Å². The predicted molar refractivity (Wildman–Crippen MR) is 168 cm³/mol. The first kappa shape index (κ1) is 26.6. The van der Waals surface area contributed by atoms with Gasteiger partial charge < -0.3 is 9.88 Å². The van der Waals surface area contributed by atoms with Crippen LogP contribution in [-0.2, 0) is 11.2 Å². The van der Waals surface area contributed by atoms with Gasteiger partial charge in [-0.2, -0.15) is 0 Å². The lowest BCUT2D eigenvalue weighted by Crippen LogP contribution is -2.40. The molecule has 0 saturated heterocycles. The number of hydrogen-bond acceptors (Lipinski definition) is 4. The first-order valence-electron chi connectivity index (χ1n) is 14.6. The van der Waals surface area contributed by atoms with E-state index in [1.807, 2.05) is 83.9 Å². The molecule has 7 rings (SSSR count). The van der Waals surface area contributed by atoms with Crippen LogP contribution >= 0.6 is 0 Å². The second kappa shape index (κ2) is 11.2. The quantitative estimate of drug-likeness (QED) is 0.184. The summed E-state index contributed by atoms with van der Waals surface area (Å²) in [4.78, 5) is 51.7. The Balaban J connectivity index is 1.17. The molecule has 1 aromatic heterocycles. The molecule has 1 atom stereocenters. The molecule has 0 bridgehead atoms. The largest absolute Gasteiger partial charge is 0.361 e. The number of carbonyl (C=O) groups is 3. The summed E-state index contributed by atoms with van der Waals surface area (Å²) in [6.45, 7) is 0.752. The van der Waals surface area contributed by atoms with Gasteiger partial charge in [0.25, 0.3) is 17.7 Å². The maximum absolute atomic E-state index is 14.3. The molecule has 1 N–H and O–H groups in total. The summed E-state index contributed by atoms with van der Waals surface area (Å²) in [5.74, 6) is -0.572. The number of benzodiazepines with no additional fused rings is 1. The van der Waals surface area contributed by atoms with Gasteiger partial charge in [0.15, 0.2) is 0 Å². The summed E-state index contributed by atoms with van der Waals surface area (Å²) in [5.41, 5.74) is 6.45. The van der Waals surface area contributed by atoms with Crippen LogP contribution in [0.5, 0.6) is 0 Å². The highest BCUT2D eigenvalue weighted by Gasteiger charge is 2.35. The van der Waals surface area contributed by atoms with E-state index in [9.17, 15) is 14.4 Å². The predicted octanol–water partition coefficient (Wildman–Crippen LogP) is 6.04. The number of amides is 3. The summed E-state index contributed by atoms with van der Waals surface area (Å²) in [6.07, 6.45) is 3.63. The van der Waals surface area contributed by atoms with E-state index in [4.69, 9.17) is 4.99 Å². The number of rotatable bonds is 8. The first-order chi connectivity index (χ1) is 21.1. The Hall–Kier alpha value is -5.30. The molecule has 0 radical (unpaired) electrons. The van der Waals surface area contributed by atoms with E-state index in [1.165, 1.54) is 4.90 Å². The SMILES string of the molecule is O=C1c2ccccc2C(=O)N1CCCCN1C(=O)C(Cc2c[nH]c3ccccc23)N=C(c2ccccc2)c2ccccc21. The van der Waals surface area contributed by atoms with Crippen LogP contribution in [0.25, 0.3) is 10.9 Å². The number of fused-ring (bicyclic) bond motifs is 3. The van der Waals surface area contributed by atoms with Crippen LogP contribution in [0.1, 0.15) is 50.2 Å². The van der Waals surface area contributed by atoms with Crippen LogP contribution in [0.4, 0.5) is 5.69 Å². The van der Waals surface area contributed by atoms with E-state index < -0.39 is 6.04 Å². The van der Waals surface area contributed by atoms with Gasteiger partial charge >= 0.3 is 0 Å². The van der Waals surface area contributed by atoms with Gasteiger partial charge in [0.2, 0.25) is 0 Å². The van der Waals surface area contributed by atoms with Gasteiger partial charge in [-0.25, -0.2) is 0 Å². The Labute approximate surface area is 249 Å². The normalized spacial score (nSPS) is 16.3. The third-order valence-electron chi connectivity index (χ3n) is 8.31. The van der Waals surface area contributed by atoms with Gasteiger partial charge in [-0.1, -0.05) is 78.9 Å². The van der Waals surface area contributed by atoms with E-state index in [0.29, 0.717) is 43.5 Å². The van der Waals surface area contributed by atoms with Crippen LogP contribution in [0, 0.1) is 0 Å². The Morgan fingerprint density at radius 2 is 1.26 bits per heavy atom. The highest BCUT2D eigenvalue weighted by molar-refractivity contribution is 6.21. The molecule has 0 spiro atoms. The fourth-order valence-corrected chi connectivity index (χ4v) is 6.17. The summed E-state index contributed by atoms with van der Waals surface area (Å²) < 4.78 is 0. The Morgan fingerprint density at radius 3 is 2.00 bits per heavy atom. The summed E-state index contributed by atoms with van der Waals surface area (Å²) in [6, 6.07) is 32.3. The number of aliphatic imine (C=N–C) groups is 1. The molecule has 2 aliphatic rings. The number of aromatic amines is 1. The van der Waals surface area contributed by atoms with Crippen LogP contribution in [-0.4, -0.2) is 52.4 Å². The van der Waals surface area contributed by atoms with Gasteiger partial charge in [0, 0.05) is 47.7 Å². The van der Waals surface area contributed by atoms with Gasteiger partial charge in [0.1, 0.15) is 6.04 Å². The number of H-pyrrole nitrogens is 1. The average molecular weight is 567 g/mol. The smallest absolute Gasteiger partial charge is 0.261 e. The number of para-hydroxylation sites is 2. The molecule has 43 heavy (non-hydrogen) atoms. The molecule has 0 aliphatic carbocycles. The standard InChI is InChI=1S/C36H30N4O3/c41-34-27-15-4-5-16-28(27)35(42)40(34)21-11-10-20-39-32-19-9-7-17-29(32)33(24-12-2-1-3-13-24)38-31(36(39)43)22-25-23-37-30-18-8-6-14-26(25)30/h1-9,12-19,23,31,37H,10-11,20-22H2. The Kier molecular flexibility index (Phi) is 6.91. The molecule has 0 fully saturated rings. The van der Waals surface area contributed by atoms with Crippen molar-refractivity contribution in [2.45, 2.75) is 25.3 Å². The number of carbonyl (C=O) groups excluding carboxylic acids is 3. The van der Waals surface area contributed by atoms with Crippen molar-refractivity contribution in [1.29, 1.82) is 0 Å². The number of benzene rings is 4. The molecule has 3 amide bonds. The molecule has 212 valence electrons. The second-order valence-corrected chi connectivity index (χ2v) is 10.9. The summed E-state index contributed by atoms with van der Waals surface area (Å²) in [7, 11) is 0. The van der Waals surface area contributed by atoms with E-state index in [0.717, 1.165) is 39.0 Å². The zero-order chi connectivity index (χ0) is 29.3. The lowest BCUT2D eigenvalue weighted by molar-refractivity contribution is -0.119. The van der Waals surface area contributed by atoms with Crippen LogP contribution in [0.2, 0.25) is 0 Å². The number of nitrogens with zero attached hydrogens (tertiary/aromatic N) is 3. The van der Waals surface area contributed by atoms with Crippen molar-refractivity contribution in [3.63, 3.8) is 0 Å². The van der Waals surface area contributed by atoms with E-state index in [-0.39, 0.29) is 17.7 Å². The monoisotopic (exact) mass is 566 g/mol. The maximum atomic E-state index is 14.3. The van der Waals surface area contributed by atoms with Gasteiger partial charge in [-0.05, 0) is 42.7 Å². The minimum atomic E-state index is -0.627. The Morgan fingerprint density at radius 1 is 0.651 bits per heavy atom. The molecule has 1 unspecified atom stereocenters. The second-order valence-electron chi connectivity index (χ2n) is 10.9. The van der Waals surface area contributed by atoms with Crippen LogP contribution in [0.3, 0.4) is 0 Å². The maximum Gasteiger partial charge on any atom is 0.261 e. The first-order valence-corrected chi connectivity index (χ1v) is 14.6. The summed E-state index contributed by atoms with van der Waals surface area (Å²) >= 11 is 0. The third kappa shape index (κ3) is 4.83. The van der Waals surface area contributed by atoms with Gasteiger partial charge in [0.05, 0.1) is 22.5 Å². The van der Waals surface area contributed by atoms with E-state index in [1.54, 1.807) is 24.3 Å². The van der Waals surface area contributed by atoms with Crippen LogP contribution in [0.15, 0.2) is 114 Å². The van der Waals surface area contributed by atoms with Crippen molar-refractivity contribution in [2.75, 3.05) is 18.0 Å². The highest BCUT2D eigenvalue weighted by Crippen LogP contribution is 2.31. The summed E-state index contributed by atoms with van der Waals surface area (Å²) in [5, 5.41) is 1.08. The van der Waals surface area contributed by atoms with Gasteiger partial charge in [-0.15, -0.1) is 0 Å². The van der Waals surface area contributed by atoms with E-state index >= 15 is 0 Å². The van der Waals surface area contributed by atoms with Crippen molar-refractivity contribution >= 4 is 40.0 Å². The van der Waals surface area contributed by atoms with Crippen molar-refractivity contribution in [3.05, 3.63) is 137 Å². The number of aromatic nitrogens is 1. The molecular weight excluding hydrogens is 536 g/mol. The molecule has 0 saturated carbocycles. The molecule has 2 aliphatic heterocycles. The average Bonchev–Trinajstić information content (AvgIpc) is 3.53. The topological polar surface area (TPSA) is 85.8 Å². The number of anilines is 1. The highest BCUT2D eigenvalue weighted by atomic mass is 16.2. The molecule has 3 heterocycles. The molecule has 7 nitrogen and oxygen atoms in total. The molecular formula is C36H30N4O3. The van der Waals surface area contributed by atoms with Gasteiger partial charge in [-0.3, -0.25) is 24.3 Å². The van der Waals surface area contributed by atoms with E-state index in [2.05, 4.69) is 11.1 Å². The zero-order valence-electron chi connectivity index (χ0n) is 23.6. The number of hydrogen-bond donors (Lipinski definition) is 1. The zero-order valence-corrected chi connectivity index (χ0v) is 23.6. The fourth-order valence-electron chi connectivity index (χ4n) is 6.17. The molecule has 4 aromatic carbocycles. The minimum Gasteiger partial charge on any atom is -0.361 e. The minimum absolute atomic E-state index is 0.0654. The number of unbranched alkanes of at least 4 members (excludes halogenated alkanes) is 1. The van der Waals surface area contributed by atoms with Crippen molar-refractivity contribution < 1.29 is 14.4 Å². The number of imide groups is 1. The lowest BCUT2D eigenvalue weighted by atomic mass is 10.00. The molecule has 7 heteroatoms.